The minimum absolute atomic E-state index is 0.235. The van der Waals surface area contributed by atoms with Crippen LogP contribution in [0.15, 0.2) is 60.7 Å². The van der Waals surface area contributed by atoms with Gasteiger partial charge in [0.25, 0.3) is 5.91 Å². The minimum Gasteiger partial charge on any atom is -0.336 e. The highest BCUT2D eigenvalue weighted by Crippen LogP contribution is 2.25. The number of hydrogen-bond acceptors (Lipinski definition) is 3. The summed E-state index contributed by atoms with van der Waals surface area (Å²) in [6.45, 7) is 4.44. The van der Waals surface area contributed by atoms with Crippen molar-refractivity contribution in [3.05, 3.63) is 71.8 Å². The predicted molar refractivity (Wildman–Crippen MR) is 116 cm³/mol. The Hall–Kier alpha value is -3.15. The fourth-order valence-corrected chi connectivity index (χ4v) is 3.79. The number of nitrogens with one attached hydrogen (secondary N) is 1. The van der Waals surface area contributed by atoms with Crippen molar-refractivity contribution >= 4 is 17.8 Å². The second-order valence-corrected chi connectivity index (χ2v) is 7.65. The highest BCUT2D eigenvalue weighted by atomic mass is 16.2. The van der Waals surface area contributed by atoms with Gasteiger partial charge in [0.2, 0.25) is 5.91 Å². The van der Waals surface area contributed by atoms with Gasteiger partial charge in [-0.1, -0.05) is 74.5 Å². The summed E-state index contributed by atoms with van der Waals surface area (Å²) < 4.78 is 0. The van der Waals surface area contributed by atoms with Crippen molar-refractivity contribution in [3.63, 3.8) is 0 Å². The molecule has 0 aromatic heterocycles. The van der Waals surface area contributed by atoms with E-state index in [9.17, 15) is 14.4 Å². The summed E-state index contributed by atoms with van der Waals surface area (Å²) in [7, 11) is 0. The molecule has 2 aromatic rings. The van der Waals surface area contributed by atoms with E-state index in [1.165, 1.54) is 0 Å². The molecule has 30 heavy (non-hydrogen) atoms. The molecule has 2 aromatic carbocycles. The third-order valence-electron chi connectivity index (χ3n) is 5.83. The van der Waals surface area contributed by atoms with E-state index in [-0.39, 0.29) is 18.4 Å². The second-order valence-electron chi connectivity index (χ2n) is 7.65. The SMILES string of the molecule is CCC1(CC)NC(=O)N(CC(=O)N(CCc2ccccc2)Cc2ccccc2)C1=O. The van der Waals surface area contributed by atoms with Crippen LogP contribution in [0, 0.1) is 0 Å². The molecule has 0 unspecified atom stereocenters. The highest BCUT2D eigenvalue weighted by Gasteiger charge is 2.49. The van der Waals surface area contributed by atoms with Gasteiger partial charge in [0.05, 0.1) is 0 Å². The molecule has 1 saturated heterocycles. The molecule has 0 atom stereocenters. The number of urea groups is 1. The number of carbonyl (C=O) groups excluding carboxylic acids is 3. The Morgan fingerprint density at radius 1 is 0.933 bits per heavy atom. The van der Waals surface area contributed by atoms with E-state index in [0.29, 0.717) is 32.4 Å². The van der Waals surface area contributed by atoms with E-state index < -0.39 is 11.6 Å². The van der Waals surface area contributed by atoms with E-state index in [0.717, 1.165) is 16.0 Å². The average molecular weight is 408 g/mol. The molecule has 3 rings (SSSR count). The van der Waals surface area contributed by atoms with Crippen LogP contribution >= 0.6 is 0 Å². The van der Waals surface area contributed by atoms with E-state index in [1.54, 1.807) is 4.90 Å². The Labute approximate surface area is 177 Å². The van der Waals surface area contributed by atoms with Crippen molar-refractivity contribution in [1.82, 2.24) is 15.1 Å². The molecule has 158 valence electrons. The molecular weight excluding hydrogens is 378 g/mol. The Morgan fingerprint density at radius 2 is 1.50 bits per heavy atom. The lowest BCUT2D eigenvalue weighted by Gasteiger charge is -2.26. The first-order valence-electron chi connectivity index (χ1n) is 10.5. The monoisotopic (exact) mass is 407 g/mol. The maximum absolute atomic E-state index is 13.2. The number of nitrogens with zero attached hydrogens (tertiary/aromatic N) is 2. The van der Waals surface area contributed by atoms with Crippen LogP contribution in [0.5, 0.6) is 0 Å². The lowest BCUT2D eigenvalue weighted by atomic mass is 9.93. The van der Waals surface area contributed by atoms with Crippen molar-refractivity contribution in [3.8, 4) is 0 Å². The number of amides is 4. The third-order valence-corrected chi connectivity index (χ3v) is 5.83. The first-order valence-corrected chi connectivity index (χ1v) is 10.5. The van der Waals surface area contributed by atoms with Crippen LogP contribution in [0.1, 0.15) is 37.8 Å². The maximum atomic E-state index is 13.2. The van der Waals surface area contributed by atoms with Gasteiger partial charge in [-0.05, 0) is 30.4 Å². The zero-order chi connectivity index (χ0) is 21.6. The number of hydrogen-bond donors (Lipinski definition) is 1. The van der Waals surface area contributed by atoms with Crippen LogP contribution in [0.2, 0.25) is 0 Å². The summed E-state index contributed by atoms with van der Waals surface area (Å²) in [5, 5.41) is 2.79. The summed E-state index contributed by atoms with van der Waals surface area (Å²) in [6.07, 6.45) is 1.70. The predicted octanol–water partition coefficient (Wildman–Crippen LogP) is 3.37. The quantitative estimate of drug-likeness (QED) is 0.648. The molecule has 1 heterocycles. The number of rotatable bonds is 9. The summed E-state index contributed by atoms with van der Waals surface area (Å²) in [5.41, 5.74) is 1.24. The first kappa shape index (κ1) is 21.6. The average Bonchev–Trinajstić information content (AvgIpc) is 3.02. The van der Waals surface area contributed by atoms with Gasteiger partial charge in [-0.15, -0.1) is 0 Å². The van der Waals surface area contributed by atoms with E-state index >= 15 is 0 Å². The van der Waals surface area contributed by atoms with Crippen molar-refractivity contribution in [2.75, 3.05) is 13.1 Å². The Morgan fingerprint density at radius 3 is 2.03 bits per heavy atom. The number of imide groups is 1. The van der Waals surface area contributed by atoms with Gasteiger partial charge in [-0.25, -0.2) is 4.79 Å². The van der Waals surface area contributed by atoms with E-state index in [1.807, 2.05) is 74.5 Å². The van der Waals surface area contributed by atoms with Crippen LogP contribution in [-0.4, -0.2) is 46.3 Å². The molecule has 0 aliphatic carbocycles. The van der Waals surface area contributed by atoms with Gasteiger partial charge in [0, 0.05) is 13.1 Å². The summed E-state index contributed by atoms with van der Waals surface area (Å²) in [4.78, 5) is 41.2. The normalized spacial score (nSPS) is 15.2. The van der Waals surface area contributed by atoms with Crippen LogP contribution in [0.25, 0.3) is 0 Å². The summed E-state index contributed by atoms with van der Waals surface area (Å²) >= 11 is 0. The molecule has 0 saturated carbocycles. The molecule has 6 heteroatoms. The van der Waals surface area contributed by atoms with Gasteiger partial charge >= 0.3 is 6.03 Å². The smallest absolute Gasteiger partial charge is 0.325 e. The fourth-order valence-electron chi connectivity index (χ4n) is 3.79. The topological polar surface area (TPSA) is 69.7 Å². The molecule has 1 aliphatic rings. The second kappa shape index (κ2) is 9.57. The zero-order valence-electron chi connectivity index (χ0n) is 17.6. The van der Waals surface area contributed by atoms with Gasteiger partial charge in [-0.3, -0.25) is 14.5 Å². The van der Waals surface area contributed by atoms with Crippen LogP contribution in [0.3, 0.4) is 0 Å². The molecule has 6 nitrogen and oxygen atoms in total. The zero-order valence-corrected chi connectivity index (χ0v) is 17.6. The van der Waals surface area contributed by atoms with Gasteiger partial charge in [-0.2, -0.15) is 0 Å². The van der Waals surface area contributed by atoms with E-state index in [2.05, 4.69) is 5.32 Å². The van der Waals surface area contributed by atoms with Crippen LogP contribution in [0.4, 0.5) is 4.79 Å². The maximum Gasteiger partial charge on any atom is 0.325 e. The minimum atomic E-state index is -0.897. The molecule has 1 fully saturated rings. The largest absolute Gasteiger partial charge is 0.336 e. The van der Waals surface area contributed by atoms with Crippen LogP contribution < -0.4 is 5.32 Å². The fraction of sp³-hybridized carbons (Fsp3) is 0.375. The third kappa shape index (κ3) is 4.70. The van der Waals surface area contributed by atoms with Crippen molar-refractivity contribution < 1.29 is 14.4 Å². The number of benzene rings is 2. The van der Waals surface area contributed by atoms with Gasteiger partial charge < -0.3 is 10.2 Å². The Kier molecular flexibility index (Phi) is 6.87. The van der Waals surface area contributed by atoms with Gasteiger partial charge in [0.15, 0.2) is 0 Å². The molecule has 0 bridgehead atoms. The van der Waals surface area contributed by atoms with Crippen molar-refractivity contribution in [2.45, 2.75) is 45.2 Å². The first-order chi connectivity index (χ1) is 14.5. The summed E-state index contributed by atoms with van der Waals surface area (Å²) in [6, 6.07) is 19.2. The van der Waals surface area contributed by atoms with Crippen LogP contribution in [-0.2, 0) is 22.6 Å². The highest BCUT2D eigenvalue weighted by molar-refractivity contribution is 6.08. The standard InChI is InChI=1S/C24H29N3O3/c1-3-24(4-2)22(29)27(23(30)25-24)18-21(28)26(17-20-13-9-6-10-14-20)16-15-19-11-7-5-8-12-19/h5-14H,3-4,15-18H2,1-2H3,(H,25,30). The lowest BCUT2D eigenvalue weighted by Crippen LogP contribution is -2.47. The molecule has 1 N–H and O–H groups in total. The lowest BCUT2D eigenvalue weighted by molar-refractivity contribution is -0.139. The van der Waals surface area contributed by atoms with Crippen molar-refractivity contribution in [1.29, 1.82) is 0 Å². The van der Waals surface area contributed by atoms with Crippen molar-refractivity contribution in [2.24, 2.45) is 0 Å². The molecule has 0 radical (unpaired) electrons. The molecule has 0 spiro atoms. The van der Waals surface area contributed by atoms with E-state index in [4.69, 9.17) is 0 Å². The molecular formula is C24H29N3O3. The molecule has 1 aliphatic heterocycles. The Balaban J connectivity index is 1.74. The Bertz CT molecular complexity index is 879. The molecule has 4 amide bonds. The number of carbonyl (C=O) groups is 3. The van der Waals surface area contributed by atoms with Gasteiger partial charge in [0.1, 0.15) is 12.1 Å². The summed E-state index contributed by atoms with van der Waals surface area (Å²) in [5.74, 6) is -0.546.